The zero-order valence-electron chi connectivity index (χ0n) is 20.1. The molecule has 1 fully saturated rings. The lowest BCUT2D eigenvalue weighted by atomic mass is 10.1. The third-order valence-corrected chi connectivity index (χ3v) is 7.30. The van der Waals surface area contributed by atoms with Crippen LogP contribution in [0, 0.1) is 0 Å². The third kappa shape index (κ3) is 6.68. The van der Waals surface area contributed by atoms with Crippen LogP contribution in [0.4, 0.5) is 18.9 Å². The molecule has 1 aromatic carbocycles. The predicted molar refractivity (Wildman–Crippen MR) is 139 cm³/mol. The SMILES string of the molecule is O=C(O)C(F)(F)F.O=C1NCCc2[nH]c(-c3ccnc(/C=C/c4ccccc4N4CCS(=O)CC4)c3)cc21. The number of anilines is 1. The number of carboxylic acid groups (broad SMARTS) is 1. The van der Waals surface area contributed by atoms with Gasteiger partial charge >= 0.3 is 12.1 Å². The van der Waals surface area contributed by atoms with Crippen LogP contribution >= 0.6 is 0 Å². The molecule has 0 saturated carbocycles. The van der Waals surface area contributed by atoms with Gasteiger partial charge in [0.15, 0.2) is 0 Å². The quantitative estimate of drug-likeness (QED) is 0.459. The van der Waals surface area contributed by atoms with Crippen molar-refractivity contribution in [1.29, 1.82) is 0 Å². The summed E-state index contributed by atoms with van der Waals surface area (Å²) in [5.74, 6) is -1.33. The fourth-order valence-corrected chi connectivity index (χ4v) is 5.18. The van der Waals surface area contributed by atoms with Gasteiger partial charge in [0.2, 0.25) is 0 Å². The molecule has 200 valence electrons. The maximum atomic E-state index is 12.1. The van der Waals surface area contributed by atoms with Crippen LogP contribution in [0.15, 0.2) is 48.7 Å². The van der Waals surface area contributed by atoms with E-state index >= 15 is 0 Å². The van der Waals surface area contributed by atoms with Gasteiger partial charge in [0.25, 0.3) is 5.91 Å². The van der Waals surface area contributed by atoms with Crippen LogP contribution < -0.4 is 10.2 Å². The first-order valence-corrected chi connectivity index (χ1v) is 13.2. The molecule has 0 atom stereocenters. The van der Waals surface area contributed by atoms with Crippen LogP contribution in [0.5, 0.6) is 0 Å². The maximum absolute atomic E-state index is 12.1. The lowest BCUT2D eigenvalue weighted by Gasteiger charge is -2.29. The minimum absolute atomic E-state index is 0.0175. The van der Waals surface area contributed by atoms with Gasteiger partial charge in [-0.25, -0.2) is 4.79 Å². The van der Waals surface area contributed by atoms with Gasteiger partial charge in [-0.05, 0) is 35.9 Å². The number of nitrogens with one attached hydrogen (secondary N) is 2. The van der Waals surface area contributed by atoms with E-state index in [1.807, 2.05) is 36.4 Å². The van der Waals surface area contributed by atoms with Crippen molar-refractivity contribution >= 4 is 40.5 Å². The highest BCUT2D eigenvalue weighted by Crippen LogP contribution is 2.26. The third-order valence-electron chi connectivity index (χ3n) is 6.03. The number of para-hydroxylation sites is 1. The normalized spacial score (nSPS) is 16.0. The number of hydrogen-bond donors (Lipinski definition) is 3. The van der Waals surface area contributed by atoms with Crippen molar-refractivity contribution in [3.8, 4) is 11.3 Å². The van der Waals surface area contributed by atoms with E-state index < -0.39 is 22.9 Å². The number of pyridine rings is 1. The Bertz CT molecular complexity index is 1380. The summed E-state index contributed by atoms with van der Waals surface area (Å²) in [5, 5.41) is 10.0. The van der Waals surface area contributed by atoms with Gasteiger partial charge in [-0.3, -0.25) is 14.0 Å². The molecule has 1 amide bonds. The summed E-state index contributed by atoms with van der Waals surface area (Å²) < 4.78 is 43.4. The first-order valence-electron chi connectivity index (χ1n) is 11.8. The molecule has 0 radical (unpaired) electrons. The number of fused-ring (bicyclic) bond motifs is 1. The average Bonchev–Trinajstić information content (AvgIpc) is 3.34. The molecular formula is C26H25F3N4O4S. The van der Waals surface area contributed by atoms with Crippen molar-refractivity contribution in [2.75, 3.05) is 36.0 Å². The van der Waals surface area contributed by atoms with E-state index in [2.05, 4.69) is 38.4 Å². The summed E-state index contributed by atoms with van der Waals surface area (Å²) >= 11 is 0. The maximum Gasteiger partial charge on any atom is 0.490 e. The Balaban J connectivity index is 0.000000426. The van der Waals surface area contributed by atoms with Gasteiger partial charge in [0.1, 0.15) is 0 Å². The summed E-state index contributed by atoms with van der Waals surface area (Å²) in [5.41, 5.74) is 6.79. The molecular weight excluding hydrogens is 521 g/mol. The number of rotatable bonds is 4. The molecule has 4 heterocycles. The van der Waals surface area contributed by atoms with E-state index in [0.29, 0.717) is 6.54 Å². The number of carbonyl (C=O) groups is 2. The van der Waals surface area contributed by atoms with Crippen molar-refractivity contribution in [2.45, 2.75) is 12.6 Å². The zero-order chi connectivity index (χ0) is 27.3. The number of amides is 1. The molecule has 0 spiro atoms. The number of aliphatic carboxylic acids is 1. The first kappa shape index (κ1) is 27.1. The van der Waals surface area contributed by atoms with Crippen molar-refractivity contribution in [3.63, 3.8) is 0 Å². The molecule has 3 aromatic rings. The molecule has 0 bridgehead atoms. The molecule has 1 saturated heterocycles. The average molecular weight is 547 g/mol. The second kappa shape index (κ2) is 11.6. The van der Waals surface area contributed by atoms with E-state index in [1.165, 1.54) is 0 Å². The van der Waals surface area contributed by atoms with E-state index in [-0.39, 0.29) is 5.91 Å². The number of carboxylic acids is 1. The summed E-state index contributed by atoms with van der Waals surface area (Å²) in [7, 11) is -0.693. The molecule has 5 rings (SSSR count). The number of halogens is 3. The lowest BCUT2D eigenvalue weighted by molar-refractivity contribution is -0.192. The van der Waals surface area contributed by atoms with Gasteiger partial charge in [-0.2, -0.15) is 13.2 Å². The molecule has 3 N–H and O–H groups in total. The van der Waals surface area contributed by atoms with Gasteiger partial charge in [-0.15, -0.1) is 0 Å². The number of carbonyl (C=O) groups excluding carboxylic acids is 1. The predicted octanol–water partition coefficient (Wildman–Crippen LogP) is 3.74. The van der Waals surface area contributed by atoms with Crippen molar-refractivity contribution < 1.29 is 32.1 Å². The highest BCUT2D eigenvalue weighted by molar-refractivity contribution is 7.85. The summed E-state index contributed by atoms with van der Waals surface area (Å²) in [6, 6.07) is 14.2. The van der Waals surface area contributed by atoms with Crippen LogP contribution in [0.3, 0.4) is 0 Å². The Morgan fingerprint density at radius 1 is 1.11 bits per heavy atom. The van der Waals surface area contributed by atoms with E-state index in [9.17, 15) is 22.2 Å². The molecule has 2 aliphatic heterocycles. The summed E-state index contributed by atoms with van der Waals surface area (Å²) in [4.78, 5) is 31.2. The lowest BCUT2D eigenvalue weighted by Crippen LogP contribution is -2.38. The Labute approximate surface area is 219 Å². The number of aromatic nitrogens is 2. The largest absolute Gasteiger partial charge is 0.490 e. The Kier molecular flexibility index (Phi) is 8.30. The van der Waals surface area contributed by atoms with Crippen LogP contribution in [-0.2, 0) is 22.0 Å². The fraction of sp³-hybridized carbons (Fsp3) is 0.269. The zero-order valence-corrected chi connectivity index (χ0v) is 20.9. The number of aromatic amines is 1. The fourth-order valence-electron chi connectivity index (χ4n) is 4.13. The molecule has 8 nitrogen and oxygen atoms in total. The van der Waals surface area contributed by atoms with E-state index in [4.69, 9.17) is 9.90 Å². The number of H-pyrrole nitrogens is 1. The summed E-state index contributed by atoms with van der Waals surface area (Å²) in [6.07, 6.45) is 1.63. The van der Waals surface area contributed by atoms with Crippen LogP contribution in [-0.4, -0.2) is 68.5 Å². The highest BCUT2D eigenvalue weighted by atomic mass is 32.2. The topological polar surface area (TPSA) is 115 Å². The summed E-state index contributed by atoms with van der Waals surface area (Å²) in [6.45, 7) is 2.30. The van der Waals surface area contributed by atoms with E-state index in [0.717, 1.165) is 70.5 Å². The minimum Gasteiger partial charge on any atom is -0.475 e. The van der Waals surface area contributed by atoms with Crippen molar-refractivity contribution in [2.24, 2.45) is 0 Å². The molecule has 0 unspecified atom stereocenters. The van der Waals surface area contributed by atoms with E-state index in [1.54, 1.807) is 6.20 Å². The number of alkyl halides is 3. The first-order chi connectivity index (χ1) is 18.1. The minimum atomic E-state index is -5.08. The number of nitrogens with zero attached hydrogens (tertiary/aromatic N) is 2. The van der Waals surface area contributed by atoms with Gasteiger partial charge in [-0.1, -0.05) is 24.3 Å². The highest BCUT2D eigenvalue weighted by Gasteiger charge is 2.38. The molecule has 12 heteroatoms. The van der Waals surface area contributed by atoms with Crippen molar-refractivity contribution in [1.82, 2.24) is 15.3 Å². The van der Waals surface area contributed by atoms with Crippen LogP contribution in [0.25, 0.3) is 23.4 Å². The Morgan fingerprint density at radius 2 is 1.82 bits per heavy atom. The molecule has 38 heavy (non-hydrogen) atoms. The molecule has 0 aliphatic carbocycles. The number of hydrogen-bond acceptors (Lipinski definition) is 5. The molecule has 2 aromatic heterocycles. The van der Waals surface area contributed by atoms with Crippen LogP contribution in [0.1, 0.15) is 27.3 Å². The van der Waals surface area contributed by atoms with Gasteiger partial charge in [0, 0.05) is 77.2 Å². The second-order valence-electron chi connectivity index (χ2n) is 8.58. The smallest absolute Gasteiger partial charge is 0.475 e. The monoisotopic (exact) mass is 546 g/mol. The standard InChI is InChI=1S/C24H24N4O2S.C2HF3O2/c29-24-20-16-22(27-21(20)8-10-26-24)18-7-9-25-19(15-18)6-5-17-3-1-2-4-23(17)28-11-13-31(30)14-12-28;3-2(4,5)1(6)7/h1-7,9,15-16,27H,8,10-14H2,(H,26,29);(H,6,7)/b6-5+;. The Morgan fingerprint density at radius 3 is 2.50 bits per heavy atom. The van der Waals surface area contributed by atoms with Gasteiger partial charge < -0.3 is 20.3 Å². The number of benzene rings is 1. The van der Waals surface area contributed by atoms with Crippen LogP contribution in [0.2, 0.25) is 0 Å². The molecule has 2 aliphatic rings. The second-order valence-corrected chi connectivity index (χ2v) is 10.3. The van der Waals surface area contributed by atoms with Crippen molar-refractivity contribution in [3.05, 3.63) is 71.2 Å². The van der Waals surface area contributed by atoms with Gasteiger partial charge in [0.05, 0.1) is 11.3 Å². The Hall–Kier alpha value is -3.93.